The molecule has 0 saturated carbocycles. The van der Waals surface area contributed by atoms with Gasteiger partial charge < -0.3 is 10.1 Å². The van der Waals surface area contributed by atoms with Crippen molar-refractivity contribution in [2.75, 3.05) is 24.0 Å². The minimum absolute atomic E-state index is 0.0876. The third-order valence-corrected chi connectivity index (χ3v) is 6.17. The first-order valence-electron chi connectivity index (χ1n) is 8.23. The van der Waals surface area contributed by atoms with Crippen molar-refractivity contribution in [3.8, 4) is 5.75 Å². The fourth-order valence-electron chi connectivity index (χ4n) is 2.84. The quantitative estimate of drug-likeness (QED) is 0.817. The molecular formula is C18H19ClN2O4S. The highest BCUT2D eigenvalue weighted by Gasteiger charge is 2.31. The van der Waals surface area contributed by atoms with Gasteiger partial charge in [0.15, 0.2) is 6.61 Å². The van der Waals surface area contributed by atoms with Gasteiger partial charge in [0.1, 0.15) is 5.75 Å². The van der Waals surface area contributed by atoms with E-state index in [9.17, 15) is 13.2 Å². The van der Waals surface area contributed by atoms with E-state index in [2.05, 4.69) is 5.32 Å². The number of carbonyl (C=O) groups is 1. The Morgan fingerprint density at radius 3 is 2.77 bits per heavy atom. The van der Waals surface area contributed by atoms with Crippen molar-refractivity contribution in [2.24, 2.45) is 0 Å². The van der Waals surface area contributed by atoms with Gasteiger partial charge in [-0.05, 0) is 43.2 Å². The van der Waals surface area contributed by atoms with Gasteiger partial charge in [-0.1, -0.05) is 29.8 Å². The number of benzene rings is 2. The van der Waals surface area contributed by atoms with Crippen LogP contribution in [0.15, 0.2) is 47.4 Å². The van der Waals surface area contributed by atoms with Crippen LogP contribution in [0.3, 0.4) is 0 Å². The Kier molecular flexibility index (Phi) is 5.38. The number of amides is 1. The maximum atomic E-state index is 13.0. The number of rotatable bonds is 6. The topological polar surface area (TPSA) is 75.7 Å². The predicted octanol–water partition coefficient (Wildman–Crippen LogP) is 2.61. The highest BCUT2D eigenvalue weighted by molar-refractivity contribution is 7.92. The Labute approximate surface area is 157 Å². The average molecular weight is 395 g/mol. The number of para-hydroxylation sites is 1. The molecule has 0 atom stereocenters. The summed E-state index contributed by atoms with van der Waals surface area (Å²) < 4.78 is 32.7. The molecule has 138 valence electrons. The summed E-state index contributed by atoms with van der Waals surface area (Å²) in [7, 11) is -3.72. The Balaban J connectivity index is 1.81. The fourth-order valence-corrected chi connectivity index (χ4v) is 4.67. The van der Waals surface area contributed by atoms with Crippen molar-refractivity contribution in [1.82, 2.24) is 5.32 Å². The van der Waals surface area contributed by atoms with Crippen LogP contribution in [-0.4, -0.2) is 34.0 Å². The average Bonchev–Trinajstić information content (AvgIpc) is 3.05. The van der Waals surface area contributed by atoms with Gasteiger partial charge in [-0.2, -0.15) is 0 Å². The van der Waals surface area contributed by atoms with E-state index in [1.807, 2.05) is 18.2 Å². The lowest BCUT2D eigenvalue weighted by atomic mass is 10.2. The van der Waals surface area contributed by atoms with Crippen molar-refractivity contribution < 1.29 is 17.9 Å². The molecule has 0 fully saturated rings. The Morgan fingerprint density at radius 2 is 2.04 bits per heavy atom. The van der Waals surface area contributed by atoms with Crippen LogP contribution in [0.5, 0.6) is 5.75 Å². The molecule has 0 unspecified atom stereocenters. The number of hydrogen-bond acceptors (Lipinski definition) is 4. The second-order valence-electron chi connectivity index (χ2n) is 5.79. The lowest BCUT2D eigenvalue weighted by molar-refractivity contribution is -0.122. The van der Waals surface area contributed by atoms with Gasteiger partial charge in [0.05, 0.1) is 15.6 Å². The zero-order chi connectivity index (χ0) is 18.7. The first kappa shape index (κ1) is 18.5. The molecule has 8 heteroatoms. The molecule has 1 amide bonds. The highest BCUT2D eigenvalue weighted by atomic mass is 35.5. The van der Waals surface area contributed by atoms with E-state index in [0.717, 1.165) is 5.56 Å². The molecule has 1 aliphatic rings. The third kappa shape index (κ3) is 3.64. The van der Waals surface area contributed by atoms with Crippen LogP contribution in [0.2, 0.25) is 5.02 Å². The number of likely N-dealkylation sites (N-methyl/N-ethyl adjacent to an activating group) is 1. The van der Waals surface area contributed by atoms with E-state index in [4.69, 9.17) is 16.3 Å². The number of halogens is 1. The molecule has 0 saturated heterocycles. The fraction of sp³-hybridized carbons (Fsp3) is 0.278. The summed E-state index contributed by atoms with van der Waals surface area (Å²) in [5, 5.41) is 2.75. The van der Waals surface area contributed by atoms with Gasteiger partial charge >= 0.3 is 0 Å². The van der Waals surface area contributed by atoms with Crippen LogP contribution in [-0.2, 0) is 21.2 Å². The van der Waals surface area contributed by atoms with Gasteiger partial charge in [0.2, 0.25) is 0 Å². The minimum Gasteiger partial charge on any atom is -0.482 e. The maximum Gasteiger partial charge on any atom is 0.264 e. The number of carbonyl (C=O) groups excluding carboxylic acids is 1. The number of fused-ring (bicyclic) bond motifs is 1. The maximum absolute atomic E-state index is 13.0. The second kappa shape index (κ2) is 7.55. The summed E-state index contributed by atoms with van der Waals surface area (Å²) >= 11 is 6.16. The number of ether oxygens (including phenoxy) is 1. The summed E-state index contributed by atoms with van der Waals surface area (Å²) in [4.78, 5) is 11.6. The number of anilines is 1. The van der Waals surface area contributed by atoms with Crippen molar-refractivity contribution in [1.29, 1.82) is 0 Å². The normalized spacial score (nSPS) is 13.4. The largest absolute Gasteiger partial charge is 0.482 e. The predicted molar refractivity (Wildman–Crippen MR) is 100 cm³/mol. The van der Waals surface area contributed by atoms with Gasteiger partial charge in [0, 0.05) is 13.1 Å². The molecule has 1 heterocycles. The van der Waals surface area contributed by atoms with Crippen LogP contribution < -0.4 is 14.4 Å². The Hall–Kier alpha value is -2.25. The molecular weight excluding hydrogens is 376 g/mol. The molecule has 0 aromatic heterocycles. The highest BCUT2D eigenvalue weighted by Crippen LogP contribution is 2.34. The molecule has 0 radical (unpaired) electrons. The Bertz CT molecular complexity index is 931. The number of hydrogen-bond donors (Lipinski definition) is 1. The van der Waals surface area contributed by atoms with E-state index < -0.39 is 10.0 Å². The van der Waals surface area contributed by atoms with Crippen LogP contribution >= 0.6 is 11.6 Å². The van der Waals surface area contributed by atoms with Gasteiger partial charge in [-0.3, -0.25) is 9.10 Å². The second-order valence-corrected chi connectivity index (χ2v) is 8.06. The molecule has 6 nitrogen and oxygen atoms in total. The van der Waals surface area contributed by atoms with E-state index in [1.54, 1.807) is 13.0 Å². The van der Waals surface area contributed by atoms with Crippen molar-refractivity contribution in [3.63, 3.8) is 0 Å². The van der Waals surface area contributed by atoms with Gasteiger partial charge in [-0.25, -0.2) is 8.42 Å². The van der Waals surface area contributed by atoms with Crippen molar-refractivity contribution in [2.45, 2.75) is 18.2 Å². The van der Waals surface area contributed by atoms with Crippen LogP contribution in [0.1, 0.15) is 12.5 Å². The third-order valence-electron chi connectivity index (χ3n) is 4.07. The SMILES string of the molecule is CCNC(=O)COc1ccc(S(=O)(=O)N2CCc3ccccc32)cc1Cl. The van der Waals surface area contributed by atoms with Crippen LogP contribution in [0.4, 0.5) is 5.69 Å². The number of nitrogens with zero attached hydrogens (tertiary/aromatic N) is 1. The summed E-state index contributed by atoms with van der Waals surface area (Å²) in [5.74, 6) is -0.00682. The van der Waals surface area contributed by atoms with E-state index in [1.165, 1.54) is 22.5 Å². The summed E-state index contributed by atoms with van der Waals surface area (Å²) in [5.41, 5.74) is 1.70. The van der Waals surface area contributed by atoms with Gasteiger partial charge in [0.25, 0.3) is 15.9 Å². The monoisotopic (exact) mass is 394 g/mol. The Morgan fingerprint density at radius 1 is 1.27 bits per heavy atom. The smallest absolute Gasteiger partial charge is 0.264 e. The zero-order valence-electron chi connectivity index (χ0n) is 14.2. The molecule has 3 rings (SSSR count). The molecule has 2 aromatic carbocycles. The van der Waals surface area contributed by atoms with Crippen molar-refractivity contribution in [3.05, 3.63) is 53.1 Å². The van der Waals surface area contributed by atoms with E-state index in [0.29, 0.717) is 25.2 Å². The standard InChI is InChI=1S/C18H19ClN2O4S/c1-2-20-18(22)12-25-17-8-7-14(11-15(17)19)26(23,24)21-10-9-13-5-3-4-6-16(13)21/h3-8,11H,2,9-10,12H2,1H3,(H,20,22). The first-order chi connectivity index (χ1) is 12.4. The summed E-state index contributed by atoms with van der Waals surface area (Å²) in [6.45, 7) is 2.53. The molecule has 0 spiro atoms. The zero-order valence-corrected chi connectivity index (χ0v) is 15.8. The van der Waals surface area contributed by atoms with Crippen LogP contribution in [0.25, 0.3) is 0 Å². The number of nitrogens with one attached hydrogen (secondary N) is 1. The number of sulfonamides is 1. The van der Waals surface area contributed by atoms with Gasteiger partial charge in [-0.15, -0.1) is 0 Å². The lowest BCUT2D eigenvalue weighted by Crippen LogP contribution is -2.29. The van der Waals surface area contributed by atoms with Crippen LogP contribution in [0, 0.1) is 0 Å². The molecule has 0 bridgehead atoms. The van der Waals surface area contributed by atoms with E-state index >= 15 is 0 Å². The van der Waals surface area contributed by atoms with Crippen molar-refractivity contribution >= 4 is 33.2 Å². The van der Waals surface area contributed by atoms with E-state index in [-0.39, 0.29) is 28.2 Å². The molecule has 1 aliphatic heterocycles. The minimum atomic E-state index is -3.72. The summed E-state index contributed by atoms with van der Waals surface area (Å²) in [6, 6.07) is 11.7. The first-order valence-corrected chi connectivity index (χ1v) is 10.0. The molecule has 2 aromatic rings. The molecule has 26 heavy (non-hydrogen) atoms. The summed E-state index contributed by atoms with van der Waals surface area (Å²) in [6.07, 6.45) is 0.677. The lowest BCUT2D eigenvalue weighted by Gasteiger charge is -2.20. The molecule has 1 N–H and O–H groups in total. The molecule has 0 aliphatic carbocycles.